The van der Waals surface area contributed by atoms with Gasteiger partial charge in [0.15, 0.2) is 0 Å². The summed E-state index contributed by atoms with van der Waals surface area (Å²) in [4.78, 5) is 32.6. The van der Waals surface area contributed by atoms with E-state index in [9.17, 15) is 14.4 Å². The average Bonchev–Trinajstić information content (AvgIpc) is 2.77. The highest BCUT2D eigenvalue weighted by atomic mass is 16.6. The highest BCUT2D eigenvalue weighted by Crippen LogP contribution is 2.20. The van der Waals surface area contributed by atoms with E-state index in [2.05, 4.69) is 41.7 Å². The molecule has 1 unspecified atom stereocenters. The Labute approximate surface area is 197 Å². The third kappa shape index (κ3) is 12.5. The fourth-order valence-electron chi connectivity index (χ4n) is 2.96. The van der Waals surface area contributed by atoms with E-state index in [-0.39, 0.29) is 30.6 Å². The minimum Gasteiger partial charge on any atom is -0.481 e. The summed E-state index contributed by atoms with van der Waals surface area (Å²) in [7, 11) is 1.54. The van der Waals surface area contributed by atoms with Crippen LogP contribution in [0.2, 0.25) is 0 Å². The highest BCUT2D eigenvalue weighted by molar-refractivity contribution is 5.81. The lowest BCUT2D eigenvalue weighted by molar-refractivity contribution is -0.155. The summed E-state index contributed by atoms with van der Waals surface area (Å²) in [6, 6.07) is 18.8. The van der Waals surface area contributed by atoms with Gasteiger partial charge in [-0.2, -0.15) is 0 Å². The van der Waals surface area contributed by atoms with E-state index in [1.165, 1.54) is 23.7 Å². The van der Waals surface area contributed by atoms with E-state index in [1.807, 2.05) is 18.2 Å². The first-order valence-corrected chi connectivity index (χ1v) is 11.3. The Morgan fingerprint density at radius 2 is 1.52 bits per heavy atom. The predicted octanol–water partition coefficient (Wildman–Crippen LogP) is 5.25. The Balaban J connectivity index is 0.000000366. The molecule has 0 aromatic heterocycles. The summed E-state index contributed by atoms with van der Waals surface area (Å²) in [6.07, 6.45) is 2.91. The lowest BCUT2D eigenvalue weighted by atomic mass is 9.99. The second kappa shape index (κ2) is 14.1. The van der Waals surface area contributed by atoms with Gasteiger partial charge in [0.05, 0.1) is 12.3 Å². The van der Waals surface area contributed by atoms with Gasteiger partial charge in [-0.1, -0.05) is 61.5 Å². The van der Waals surface area contributed by atoms with Crippen molar-refractivity contribution < 1.29 is 24.2 Å². The Morgan fingerprint density at radius 3 is 2.03 bits per heavy atom. The third-order valence-electron chi connectivity index (χ3n) is 4.84. The van der Waals surface area contributed by atoms with Gasteiger partial charge in [0.25, 0.3) is 0 Å². The van der Waals surface area contributed by atoms with Crippen molar-refractivity contribution in [2.45, 2.75) is 65.4 Å². The fraction of sp³-hybridized carbons (Fsp3) is 0.444. The number of benzene rings is 2. The molecule has 2 aromatic rings. The van der Waals surface area contributed by atoms with Crippen LogP contribution in [0.3, 0.4) is 0 Å². The van der Waals surface area contributed by atoms with Gasteiger partial charge >= 0.3 is 11.9 Å². The van der Waals surface area contributed by atoms with Gasteiger partial charge in [-0.3, -0.25) is 14.4 Å². The quantitative estimate of drug-likeness (QED) is 0.504. The fourth-order valence-corrected chi connectivity index (χ4v) is 2.96. The zero-order chi connectivity index (χ0) is 24.9. The minimum absolute atomic E-state index is 0.136. The number of aryl methyl sites for hydroxylation is 1. The molecule has 0 bridgehead atoms. The number of carboxylic acids is 1. The number of carbonyl (C=O) groups excluding carboxylic acids is 2. The van der Waals surface area contributed by atoms with Crippen LogP contribution in [0, 0.1) is 5.92 Å². The maximum absolute atomic E-state index is 11.1. The van der Waals surface area contributed by atoms with Crippen LogP contribution in [0.15, 0.2) is 54.6 Å². The van der Waals surface area contributed by atoms with Crippen molar-refractivity contribution in [3.63, 3.8) is 0 Å². The number of hydrogen-bond donors (Lipinski definition) is 2. The number of carbonyl (C=O) groups is 3. The second-order valence-electron chi connectivity index (χ2n) is 8.95. The van der Waals surface area contributed by atoms with Gasteiger partial charge < -0.3 is 15.2 Å². The summed E-state index contributed by atoms with van der Waals surface area (Å²) in [6.45, 7) is 7.15. The average molecular weight is 456 g/mol. The number of ether oxygens (including phenoxy) is 1. The zero-order valence-electron chi connectivity index (χ0n) is 20.4. The summed E-state index contributed by atoms with van der Waals surface area (Å²) in [5.41, 5.74) is 3.23. The summed E-state index contributed by atoms with van der Waals surface area (Å²) in [5, 5.41) is 11.3. The SMILES string of the molecule is CC(CCCc1ccc(-c2ccccc2)cc1)C(=O)O.CNC(=O)CCC(=O)OC(C)(C)C. The van der Waals surface area contributed by atoms with Crippen LogP contribution >= 0.6 is 0 Å². The molecular weight excluding hydrogens is 418 g/mol. The number of rotatable bonds is 9. The Hall–Kier alpha value is -3.15. The Bertz CT molecular complexity index is 870. The van der Waals surface area contributed by atoms with Crippen molar-refractivity contribution in [2.75, 3.05) is 7.05 Å². The van der Waals surface area contributed by atoms with Crippen LogP contribution < -0.4 is 5.32 Å². The molecular formula is C27H37NO5. The molecule has 180 valence electrons. The molecule has 0 aliphatic heterocycles. The molecule has 2 N–H and O–H groups in total. The number of nitrogens with one attached hydrogen (secondary N) is 1. The second-order valence-corrected chi connectivity index (χ2v) is 8.95. The molecule has 0 saturated carbocycles. The largest absolute Gasteiger partial charge is 0.481 e. The molecule has 0 radical (unpaired) electrons. The normalized spacial score (nSPS) is 11.5. The highest BCUT2D eigenvalue weighted by Gasteiger charge is 2.16. The monoisotopic (exact) mass is 455 g/mol. The summed E-state index contributed by atoms with van der Waals surface area (Å²) >= 11 is 0. The van der Waals surface area contributed by atoms with Gasteiger partial charge in [-0.15, -0.1) is 0 Å². The number of aliphatic carboxylic acids is 1. The molecule has 6 heteroatoms. The molecule has 2 rings (SSSR count). The van der Waals surface area contributed by atoms with Crippen LogP contribution in [-0.2, 0) is 25.5 Å². The van der Waals surface area contributed by atoms with Crippen molar-refractivity contribution in [1.29, 1.82) is 0 Å². The summed E-state index contributed by atoms with van der Waals surface area (Å²) in [5.74, 6) is -1.44. The van der Waals surface area contributed by atoms with Crippen molar-refractivity contribution in [3.8, 4) is 11.1 Å². The lowest BCUT2D eigenvalue weighted by Gasteiger charge is -2.19. The number of carboxylic acid groups (broad SMARTS) is 1. The van der Waals surface area contributed by atoms with E-state index < -0.39 is 11.6 Å². The van der Waals surface area contributed by atoms with Crippen molar-refractivity contribution >= 4 is 17.8 Å². The molecule has 0 saturated heterocycles. The molecule has 0 aliphatic rings. The topological polar surface area (TPSA) is 92.7 Å². The van der Waals surface area contributed by atoms with Crippen LogP contribution in [0.5, 0.6) is 0 Å². The molecule has 0 spiro atoms. The maximum Gasteiger partial charge on any atom is 0.306 e. The molecule has 0 heterocycles. The first kappa shape index (κ1) is 27.9. The molecule has 1 amide bonds. The smallest absolute Gasteiger partial charge is 0.306 e. The lowest BCUT2D eigenvalue weighted by Crippen LogP contribution is -2.25. The number of hydrogen-bond acceptors (Lipinski definition) is 4. The van der Waals surface area contributed by atoms with Crippen LogP contribution in [0.1, 0.15) is 58.9 Å². The number of amides is 1. The van der Waals surface area contributed by atoms with Crippen LogP contribution in [-0.4, -0.2) is 35.6 Å². The maximum atomic E-state index is 11.1. The third-order valence-corrected chi connectivity index (χ3v) is 4.84. The van der Waals surface area contributed by atoms with Crippen molar-refractivity contribution in [3.05, 3.63) is 60.2 Å². The standard InChI is InChI=1S/C18H20O2.C9H17NO3/c1-14(18(19)20)6-5-7-15-10-12-17(13-11-15)16-8-3-2-4-9-16;1-9(2,3)13-8(12)6-5-7(11)10-4/h2-4,8-14H,5-7H2,1H3,(H,19,20);5-6H2,1-4H3,(H,10,11). The van der Waals surface area contributed by atoms with Crippen LogP contribution in [0.25, 0.3) is 11.1 Å². The van der Waals surface area contributed by atoms with Crippen LogP contribution in [0.4, 0.5) is 0 Å². The summed E-state index contributed by atoms with van der Waals surface area (Å²) < 4.78 is 5.01. The molecule has 1 atom stereocenters. The molecule has 0 aliphatic carbocycles. The van der Waals surface area contributed by atoms with Gasteiger partial charge in [-0.25, -0.2) is 0 Å². The molecule has 2 aromatic carbocycles. The van der Waals surface area contributed by atoms with E-state index in [0.29, 0.717) is 0 Å². The van der Waals surface area contributed by atoms with Gasteiger partial charge in [-0.05, 0) is 56.7 Å². The molecule has 33 heavy (non-hydrogen) atoms. The molecule has 0 fully saturated rings. The minimum atomic E-state index is -0.704. The zero-order valence-corrected chi connectivity index (χ0v) is 20.4. The van der Waals surface area contributed by atoms with Gasteiger partial charge in [0.1, 0.15) is 5.60 Å². The first-order chi connectivity index (χ1) is 15.5. The van der Waals surface area contributed by atoms with E-state index in [1.54, 1.807) is 27.7 Å². The molecule has 6 nitrogen and oxygen atoms in total. The Kier molecular flexibility index (Phi) is 11.9. The predicted molar refractivity (Wildman–Crippen MR) is 131 cm³/mol. The number of esters is 1. The van der Waals surface area contributed by atoms with Gasteiger partial charge in [0.2, 0.25) is 5.91 Å². The van der Waals surface area contributed by atoms with E-state index >= 15 is 0 Å². The first-order valence-electron chi connectivity index (χ1n) is 11.3. The van der Waals surface area contributed by atoms with Crippen molar-refractivity contribution in [2.24, 2.45) is 5.92 Å². The van der Waals surface area contributed by atoms with Gasteiger partial charge in [0, 0.05) is 13.5 Å². The van der Waals surface area contributed by atoms with E-state index in [4.69, 9.17) is 9.84 Å². The van der Waals surface area contributed by atoms with E-state index in [0.717, 1.165) is 19.3 Å². The van der Waals surface area contributed by atoms with Crippen molar-refractivity contribution in [1.82, 2.24) is 5.32 Å². The Morgan fingerprint density at radius 1 is 0.939 bits per heavy atom.